The fraction of sp³-hybridized carbons (Fsp3) is 0.100. The highest BCUT2D eigenvalue weighted by Crippen LogP contribution is 2.20. The Balaban J connectivity index is 1.66. The standard InChI is InChI=1S/C20H16N2O3/c1-14-6-2-5-9-18(14)24-13-16-10-11-19(25-16)20(23)22-17-8-4-3-7-15(17)12-21/h2-11H,13H2,1H3,(H,22,23). The van der Waals surface area contributed by atoms with Gasteiger partial charge in [0, 0.05) is 0 Å². The van der Waals surface area contributed by atoms with Crippen LogP contribution in [-0.2, 0) is 6.61 Å². The Morgan fingerprint density at radius 3 is 2.68 bits per heavy atom. The fourth-order valence-corrected chi connectivity index (χ4v) is 2.32. The number of nitrogens with one attached hydrogen (secondary N) is 1. The first-order valence-electron chi connectivity index (χ1n) is 7.75. The molecule has 2 aromatic carbocycles. The van der Waals surface area contributed by atoms with Crippen molar-refractivity contribution in [1.29, 1.82) is 5.26 Å². The molecule has 0 aliphatic carbocycles. The normalized spacial score (nSPS) is 10.1. The maximum Gasteiger partial charge on any atom is 0.291 e. The van der Waals surface area contributed by atoms with Crippen molar-refractivity contribution in [3.05, 3.63) is 83.3 Å². The third kappa shape index (κ3) is 3.88. The Bertz CT molecular complexity index is 938. The zero-order valence-electron chi connectivity index (χ0n) is 13.7. The molecule has 5 heteroatoms. The van der Waals surface area contributed by atoms with Gasteiger partial charge >= 0.3 is 0 Å². The molecule has 1 N–H and O–H groups in total. The number of rotatable bonds is 5. The summed E-state index contributed by atoms with van der Waals surface area (Å²) in [4.78, 5) is 12.3. The first-order chi connectivity index (χ1) is 12.2. The van der Waals surface area contributed by atoms with Gasteiger partial charge in [-0.2, -0.15) is 5.26 Å². The molecule has 0 atom stereocenters. The summed E-state index contributed by atoms with van der Waals surface area (Å²) < 4.78 is 11.2. The smallest absolute Gasteiger partial charge is 0.291 e. The highest BCUT2D eigenvalue weighted by molar-refractivity contribution is 6.03. The zero-order chi connectivity index (χ0) is 17.6. The number of nitrogens with zero attached hydrogens (tertiary/aromatic N) is 1. The van der Waals surface area contributed by atoms with E-state index in [1.807, 2.05) is 37.3 Å². The number of hydrogen-bond donors (Lipinski definition) is 1. The molecule has 0 saturated heterocycles. The number of para-hydroxylation sites is 2. The van der Waals surface area contributed by atoms with Crippen molar-refractivity contribution in [1.82, 2.24) is 0 Å². The van der Waals surface area contributed by atoms with Gasteiger partial charge in [0.2, 0.25) is 0 Å². The van der Waals surface area contributed by atoms with Gasteiger partial charge in [0.05, 0.1) is 11.3 Å². The third-order valence-electron chi connectivity index (χ3n) is 3.64. The molecule has 0 fully saturated rings. The first-order valence-corrected chi connectivity index (χ1v) is 7.75. The SMILES string of the molecule is Cc1ccccc1OCc1ccc(C(=O)Nc2ccccc2C#N)o1. The van der Waals surface area contributed by atoms with E-state index in [4.69, 9.17) is 14.4 Å². The van der Waals surface area contributed by atoms with Crippen LogP contribution in [0.4, 0.5) is 5.69 Å². The highest BCUT2D eigenvalue weighted by Gasteiger charge is 2.13. The number of nitriles is 1. The highest BCUT2D eigenvalue weighted by atomic mass is 16.5. The summed E-state index contributed by atoms with van der Waals surface area (Å²) in [6.07, 6.45) is 0. The van der Waals surface area contributed by atoms with Crippen LogP contribution < -0.4 is 10.1 Å². The summed E-state index contributed by atoms with van der Waals surface area (Å²) in [5.41, 5.74) is 1.87. The molecule has 0 saturated carbocycles. The maximum absolute atomic E-state index is 12.3. The number of carbonyl (C=O) groups excluding carboxylic acids is 1. The third-order valence-corrected chi connectivity index (χ3v) is 3.64. The average molecular weight is 332 g/mol. The van der Waals surface area contributed by atoms with Crippen molar-refractivity contribution in [3.8, 4) is 11.8 Å². The Morgan fingerprint density at radius 1 is 1.12 bits per heavy atom. The number of furan rings is 1. The summed E-state index contributed by atoms with van der Waals surface area (Å²) in [5.74, 6) is 1.07. The molecule has 1 aromatic heterocycles. The first kappa shape index (κ1) is 16.3. The fourth-order valence-electron chi connectivity index (χ4n) is 2.32. The van der Waals surface area contributed by atoms with Crippen molar-refractivity contribution in [2.75, 3.05) is 5.32 Å². The molecule has 0 radical (unpaired) electrons. The largest absolute Gasteiger partial charge is 0.485 e. The molecule has 5 nitrogen and oxygen atoms in total. The van der Waals surface area contributed by atoms with Crippen molar-refractivity contribution in [2.45, 2.75) is 13.5 Å². The van der Waals surface area contributed by atoms with Crippen LogP contribution in [-0.4, -0.2) is 5.91 Å². The average Bonchev–Trinajstić information content (AvgIpc) is 3.11. The predicted molar refractivity (Wildman–Crippen MR) is 93.3 cm³/mol. The van der Waals surface area contributed by atoms with Gasteiger partial charge < -0.3 is 14.5 Å². The molecule has 0 aliphatic heterocycles. The summed E-state index contributed by atoms with van der Waals surface area (Å²) in [5, 5.41) is 11.7. The number of amides is 1. The van der Waals surface area contributed by atoms with Gasteiger partial charge in [0.25, 0.3) is 5.91 Å². The predicted octanol–water partition coefficient (Wildman–Crippen LogP) is 4.29. The van der Waals surface area contributed by atoms with Gasteiger partial charge in [0.1, 0.15) is 24.2 Å². The van der Waals surface area contributed by atoms with Gasteiger partial charge in [-0.3, -0.25) is 4.79 Å². The van der Waals surface area contributed by atoms with Crippen LogP contribution in [0.2, 0.25) is 0 Å². The lowest BCUT2D eigenvalue weighted by molar-refractivity contribution is 0.0992. The number of carbonyl (C=O) groups is 1. The van der Waals surface area contributed by atoms with Crippen LogP contribution in [0.3, 0.4) is 0 Å². The number of hydrogen-bond acceptors (Lipinski definition) is 4. The molecule has 1 amide bonds. The van der Waals surface area contributed by atoms with Crippen molar-refractivity contribution >= 4 is 11.6 Å². The molecule has 0 bridgehead atoms. The van der Waals surface area contributed by atoms with Crippen LogP contribution in [0, 0.1) is 18.3 Å². The van der Waals surface area contributed by atoms with E-state index in [9.17, 15) is 4.79 Å². The van der Waals surface area contributed by atoms with E-state index in [1.165, 1.54) is 0 Å². The Hall–Kier alpha value is -3.52. The quantitative estimate of drug-likeness (QED) is 0.756. The van der Waals surface area contributed by atoms with Crippen LogP contribution in [0.1, 0.15) is 27.4 Å². The lowest BCUT2D eigenvalue weighted by Crippen LogP contribution is -2.11. The summed E-state index contributed by atoms with van der Waals surface area (Å²) in [6.45, 7) is 2.19. The molecular weight excluding hydrogens is 316 g/mol. The molecule has 0 unspecified atom stereocenters. The van der Waals surface area contributed by atoms with Gasteiger partial charge in [-0.25, -0.2) is 0 Å². The molecule has 124 valence electrons. The minimum absolute atomic E-state index is 0.163. The van der Waals surface area contributed by atoms with E-state index in [2.05, 4.69) is 5.32 Å². The monoisotopic (exact) mass is 332 g/mol. The molecule has 0 aliphatic rings. The van der Waals surface area contributed by atoms with Gasteiger partial charge in [-0.1, -0.05) is 30.3 Å². The van der Waals surface area contributed by atoms with E-state index >= 15 is 0 Å². The minimum Gasteiger partial charge on any atom is -0.485 e. The number of aryl methyl sites for hydroxylation is 1. The maximum atomic E-state index is 12.3. The molecule has 3 rings (SSSR count). The number of ether oxygens (including phenoxy) is 1. The van der Waals surface area contributed by atoms with E-state index in [0.29, 0.717) is 17.0 Å². The molecule has 25 heavy (non-hydrogen) atoms. The number of benzene rings is 2. The topological polar surface area (TPSA) is 75.3 Å². The summed E-state index contributed by atoms with van der Waals surface area (Å²) >= 11 is 0. The second-order valence-electron chi connectivity index (χ2n) is 5.43. The number of anilines is 1. The van der Waals surface area contributed by atoms with E-state index < -0.39 is 5.91 Å². The van der Waals surface area contributed by atoms with Crippen LogP contribution in [0.15, 0.2) is 65.1 Å². The Labute approximate surface area is 145 Å². The Morgan fingerprint density at radius 2 is 1.88 bits per heavy atom. The second-order valence-corrected chi connectivity index (χ2v) is 5.43. The molecule has 1 heterocycles. The van der Waals surface area contributed by atoms with Gasteiger partial charge in [-0.15, -0.1) is 0 Å². The zero-order valence-corrected chi connectivity index (χ0v) is 13.7. The molecule has 3 aromatic rings. The molecular formula is C20H16N2O3. The summed E-state index contributed by atoms with van der Waals surface area (Å²) in [7, 11) is 0. The minimum atomic E-state index is -0.412. The Kier molecular flexibility index (Phi) is 4.82. The summed E-state index contributed by atoms with van der Waals surface area (Å²) in [6, 6.07) is 19.8. The van der Waals surface area contributed by atoms with Crippen molar-refractivity contribution in [2.24, 2.45) is 0 Å². The van der Waals surface area contributed by atoms with Crippen LogP contribution >= 0.6 is 0 Å². The second kappa shape index (κ2) is 7.37. The van der Waals surface area contributed by atoms with E-state index in [0.717, 1.165) is 11.3 Å². The lowest BCUT2D eigenvalue weighted by atomic mass is 10.2. The van der Waals surface area contributed by atoms with Gasteiger partial charge in [-0.05, 0) is 42.8 Å². The van der Waals surface area contributed by atoms with E-state index in [1.54, 1.807) is 36.4 Å². The molecule has 0 spiro atoms. The van der Waals surface area contributed by atoms with Crippen LogP contribution in [0.25, 0.3) is 0 Å². The van der Waals surface area contributed by atoms with Crippen LogP contribution in [0.5, 0.6) is 5.75 Å². The van der Waals surface area contributed by atoms with Gasteiger partial charge in [0.15, 0.2) is 5.76 Å². The van der Waals surface area contributed by atoms with E-state index in [-0.39, 0.29) is 12.4 Å². The van der Waals surface area contributed by atoms with Crippen molar-refractivity contribution in [3.63, 3.8) is 0 Å². The lowest BCUT2D eigenvalue weighted by Gasteiger charge is -2.07. The van der Waals surface area contributed by atoms with Crippen molar-refractivity contribution < 1.29 is 13.9 Å².